The van der Waals surface area contributed by atoms with E-state index >= 15 is 0 Å². The fourth-order valence-corrected chi connectivity index (χ4v) is 3.74. The second kappa shape index (κ2) is 6.70. The van der Waals surface area contributed by atoms with Crippen molar-refractivity contribution in [2.75, 3.05) is 0 Å². The summed E-state index contributed by atoms with van der Waals surface area (Å²) in [6, 6.07) is 8.26. The van der Waals surface area contributed by atoms with Crippen molar-refractivity contribution >= 4 is 16.0 Å². The van der Waals surface area contributed by atoms with E-state index in [4.69, 9.17) is 5.26 Å². The molecule has 0 bridgehead atoms. The third-order valence-corrected chi connectivity index (χ3v) is 4.84. The number of nitriles is 1. The van der Waals surface area contributed by atoms with Crippen LogP contribution in [-0.4, -0.2) is 25.0 Å². The summed E-state index contributed by atoms with van der Waals surface area (Å²) in [5.74, 6) is -1.63. The maximum absolute atomic E-state index is 12.2. The van der Waals surface area contributed by atoms with Crippen LogP contribution in [0.1, 0.15) is 37.8 Å². The first-order valence-electron chi connectivity index (χ1n) is 6.53. The molecule has 1 aromatic rings. The van der Waals surface area contributed by atoms with Crippen molar-refractivity contribution in [3.63, 3.8) is 0 Å². The van der Waals surface area contributed by atoms with Crippen molar-refractivity contribution in [1.29, 1.82) is 5.26 Å². The molecule has 1 aromatic carbocycles. The Labute approximate surface area is 124 Å². The number of nitrogens with zero attached hydrogens (tertiary/aromatic N) is 1. The zero-order valence-corrected chi connectivity index (χ0v) is 12.8. The van der Waals surface area contributed by atoms with E-state index < -0.39 is 27.3 Å². The molecule has 7 heteroatoms. The van der Waals surface area contributed by atoms with E-state index in [9.17, 15) is 18.3 Å². The first-order chi connectivity index (χ1) is 9.80. The Bertz CT molecular complexity index is 658. The Kier molecular flexibility index (Phi) is 5.47. The van der Waals surface area contributed by atoms with Crippen molar-refractivity contribution < 1.29 is 18.3 Å². The van der Waals surface area contributed by atoms with Gasteiger partial charge in [0.1, 0.15) is 5.54 Å². The van der Waals surface area contributed by atoms with Crippen LogP contribution in [0, 0.1) is 11.3 Å². The number of carbonyl (C=O) groups is 1. The SMILES string of the molecule is CCC(CC)(NS(=O)(=O)Cc1ccccc1C#N)C(=O)O. The number of hydrogen-bond acceptors (Lipinski definition) is 4. The van der Waals surface area contributed by atoms with Gasteiger partial charge in [-0.1, -0.05) is 32.0 Å². The van der Waals surface area contributed by atoms with Crippen LogP contribution in [0.4, 0.5) is 0 Å². The molecule has 0 aromatic heterocycles. The second-order valence-electron chi connectivity index (χ2n) is 4.72. The van der Waals surface area contributed by atoms with Crippen LogP contribution in [0.2, 0.25) is 0 Å². The molecule has 0 unspecified atom stereocenters. The van der Waals surface area contributed by atoms with Gasteiger partial charge in [-0.25, -0.2) is 8.42 Å². The lowest BCUT2D eigenvalue weighted by molar-refractivity contribution is -0.144. The van der Waals surface area contributed by atoms with Gasteiger partial charge in [0.05, 0.1) is 17.4 Å². The highest BCUT2D eigenvalue weighted by atomic mass is 32.2. The van der Waals surface area contributed by atoms with Crippen LogP contribution >= 0.6 is 0 Å². The lowest BCUT2D eigenvalue weighted by Crippen LogP contribution is -2.53. The van der Waals surface area contributed by atoms with Gasteiger partial charge in [-0.05, 0) is 24.5 Å². The van der Waals surface area contributed by atoms with E-state index in [1.807, 2.05) is 6.07 Å². The topological polar surface area (TPSA) is 107 Å². The molecule has 6 nitrogen and oxygen atoms in total. The third-order valence-electron chi connectivity index (χ3n) is 3.45. The third kappa shape index (κ3) is 4.03. The number of sulfonamides is 1. The molecule has 0 spiro atoms. The highest BCUT2D eigenvalue weighted by Gasteiger charge is 2.38. The molecule has 1 rings (SSSR count). The van der Waals surface area contributed by atoms with Crippen molar-refractivity contribution in [3.05, 3.63) is 35.4 Å². The lowest BCUT2D eigenvalue weighted by Gasteiger charge is -2.27. The molecular formula is C14H18N2O4S. The van der Waals surface area contributed by atoms with Gasteiger partial charge >= 0.3 is 5.97 Å². The van der Waals surface area contributed by atoms with Gasteiger partial charge in [0.15, 0.2) is 0 Å². The molecule has 0 radical (unpaired) electrons. The summed E-state index contributed by atoms with van der Waals surface area (Å²) >= 11 is 0. The van der Waals surface area contributed by atoms with Gasteiger partial charge in [-0.3, -0.25) is 4.79 Å². The van der Waals surface area contributed by atoms with Crippen molar-refractivity contribution in [2.45, 2.75) is 38.0 Å². The van der Waals surface area contributed by atoms with Gasteiger partial charge in [0, 0.05) is 0 Å². The molecule has 2 N–H and O–H groups in total. The Morgan fingerprint density at radius 3 is 2.38 bits per heavy atom. The van der Waals surface area contributed by atoms with Gasteiger partial charge in [-0.15, -0.1) is 0 Å². The normalized spacial score (nSPS) is 11.9. The van der Waals surface area contributed by atoms with Crippen LogP contribution in [0.25, 0.3) is 0 Å². The van der Waals surface area contributed by atoms with Gasteiger partial charge in [-0.2, -0.15) is 9.98 Å². The molecular weight excluding hydrogens is 292 g/mol. The summed E-state index contributed by atoms with van der Waals surface area (Å²) in [6.07, 6.45) is 0.274. The summed E-state index contributed by atoms with van der Waals surface area (Å²) < 4.78 is 26.7. The van der Waals surface area contributed by atoms with E-state index in [0.29, 0.717) is 5.56 Å². The zero-order chi connectivity index (χ0) is 16.1. The maximum atomic E-state index is 12.2. The number of hydrogen-bond donors (Lipinski definition) is 2. The summed E-state index contributed by atoms with van der Waals surface area (Å²) in [6.45, 7) is 3.23. The largest absolute Gasteiger partial charge is 0.480 e. The molecule has 0 saturated heterocycles. The van der Waals surface area contributed by atoms with Crippen LogP contribution < -0.4 is 4.72 Å². The van der Waals surface area contributed by atoms with Crippen LogP contribution in [0.3, 0.4) is 0 Å². The number of benzene rings is 1. The summed E-state index contributed by atoms with van der Waals surface area (Å²) in [4.78, 5) is 11.4. The first kappa shape index (κ1) is 17.1. The minimum atomic E-state index is -3.88. The minimum absolute atomic E-state index is 0.137. The molecule has 0 aliphatic heterocycles. The molecule has 0 atom stereocenters. The summed E-state index contributed by atoms with van der Waals surface area (Å²) in [5, 5.41) is 18.2. The van der Waals surface area contributed by atoms with Crippen LogP contribution in [-0.2, 0) is 20.6 Å². The second-order valence-corrected chi connectivity index (χ2v) is 6.45. The van der Waals surface area contributed by atoms with Crippen LogP contribution in [0.5, 0.6) is 0 Å². The Morgan fingerprint density at radius 1 is 1.33 bits per heavy atom. The Morgan fingerprint density at radius 2 is 1.90 bits per heavy atom. The Hall–Kier alpha value is -1.91. The van der Waals surface area contributed by atoms with E-state index in [1.165, 1.54) is 12.1 Å². The molecule has 0 saturated carbocycles. The number of carboxylic acid groups (broad SMARTS) is 1. The molecule has 21 heavy (non-hydrogen) atoms. The monoisotopic (exact) mass is 310 g/mol. The van der Waals surface area contributed by atoms with E-state index in [0.717, 1.165) is 0 Å². The van der Waals surface area contributed by atoms with E-state index in [1.54, 1.807) is 26.0 Å². The zero-order valence-electron chi connectivity index (χ0n) is 12.0. The highest BCUT2D eigenvalue weighted by Crippen LogP contribution is 2.19. The number of rotatable bonds is 7. The van der Waals surface area contributed by atoms with Crippen molar-refractivity contribution in [2.24, 2.45) is 0 Å². The van der Waals surface area contributed by atoms with E-state index in [-0.39, 0.29) is 18.4 Å². The lowest BCUT2D eigenvalue weighted by atomic mass is 9.95. The summed E-state index contributed by atoms with van der Waals surface area (Å²) in [7, 11) is -3.88. The first-order valence-corrected chi connectivity index (χ1v) is 8.18. The number of nitrogens with one attached hydrogen (secondary N) is 1. The molecule has 114 valence electrons. The van der Waals surface area contributed by atoms with Gasteiger partial charge in [0.25, 0.3) is 0 Å². The minimum Gasteiger partial charge on any atom is -0.480 e. The predicted molar refractivity (Wildman–Crippen MR) is 77.9 cm³/mol. The van der Waals surface area contributed by atoms with Gasteiger partial charge in [0.2, 0.25) is 10.0 Å². The fourth-order valence-electron chi connectivity index (χ4n) is 2.03. The predicted octanol–water partition coefficient (Wildman–Crippen LogP) is 1.62. The fraction of sp³-hybridized carbons (Fsp3) is 0.429. The molecule has 0 heterocycles. The number of carboxylic acids is 1. The van der Waals surface area contributed by atoms with Crippen molar-refractivity contribution in [3.8, 4) is 6.07 Å². The quantitative estimate of drug-likeness (QED) is 0.795. The maximum Gasteiger partial charge on any atom is 0.324 e. The van der Waals surface area contributed by atoms with Gasteiger partial charge < -0.3 is 5.11 Å². The smallest absolute Gasteiger partial charge is 0.324 e. The van der Waals surface area contributed by atoms with E-state index in [2.05, 4.69) is 4.72 Å². The molecule has 0 aliphatic carbocycles. The summed E-state index contributed by atoms with van der Waals surface area (Å²) in [5.41, 5.74) is -0.906. The standard InChI is InChI=1S/C14H18N2O4S/c1-3-14(4-2,13(17)18)16-21(19,20)10-12-8-6-5-7-11(12)9-15/h5-8,16H,3-4,10H2,1-2H3,(H,17,18). The highest BCUT2D eigenvalue weighted by molar-refractivity contribution is 7.88. The number of aliphatic carboxylic acids is 1. The van der Waals surface area contributed by atoms with Crippen LogP contribution in [0.15, 0.2) is 24.3 Å². The Balaban J connectivity index is 3.08. The average molecular weight is 310 g/mol. The average Bonchev–Trinajstić information content (AvgIpc) is 2.44. The molecule has 0 amide bonds. The van der Waals surface area contributed by atoms with Crippen molar-refractivity contribution in [1.82, 2.24) is 4.72 Å². The molecule has 0 fully saturated rings. The molecule has 0 aliphatic rings.